The zero-order valence-electron chi connectivity index (χ0n) is 11.6. The van der Waals surface area contributed by atoms with Gasteiger partial charge >= 0.3 is 6.01 Å². The Morgan fingerprint density at radius 1 is 1.30 bits per heavy atom. The minimum atomic E-state index is -0.622. The lowest BCUT2D eigenvalue weighted by atomic mass is 10.3. The fraction of sp³-hybridized carbons (Fsp3) is 0.636. The van der Waals surface area contributed by atoms with Gasteiger partial charge in [-0.15, -0.1) is 5.10 Å². The highest BCUT2D eigenvalue weighted by Crippen LogP contribution is 2.16. The average molecular weight is 284 g/mol. The third-order valence-corrected chi connectivity index (χ3v) is 2.46. The molecule has 0 bridgehead atoms. The van der Waals surface area contributed by atoms with Crippen LogP contribution in [-0.2, 0) is 9.59 Å². The summed E-state index contributed by atoms with van der Waals surface area (Å²) in [6.07, 6.45) is 0.973. The Morgan fingerprint density at radius 2 is 1.90 bits per heavy atom. The van der Waals surface area contributed by atoms with E-state index in [2.05, 4.69) is 15.5 Å². The average Bonchev–Trinajstić information content (AvgIpc) is 2.83. The number of aromatic nitrogens is 2. The second-order valence-electron chi connectivity index (χ2n) is 4.39. The largest absolute Gasteiger partial charge is 0.406 e. The standard InChI is InChI=1S/C11H20N6O3/c1-3-4-14-7(2)10-15-16-11(20-10)17(5-8(12)18)6-9(13)19/h7,14H,3-6H2,1-2H3,(H2,12,18)(H2,13,19). The second-order valence-corrected chi connectivity index (χ2v) is 4.39. The van der Waals surface area contributed by atoms with Gasteiger partial charge in [0.15, 0.2) is 0 Å². The molecule has 0 saturated heterocycles. The zero-order valence-corrected chi connectivity index (χ0v) is 11.6. The van der Waals surface area contributed by atoms with E-state index in [9.17, 15) is 9.59 Å². The van der Waals surface area contributed by atoms with Gasteiger partial charge in [0, 0.05) is 0 Å². The molecule has 1 aromatic heterocycles. The normalized spacial score (nSPS) is 12.1. The summed E-state index contributed by atoms with van der Waals surface area (Å²) in [4.78, 5) is 23.2. The van der Waals surface area contributed by atoms with E-state index in [4.69, 9.17) is 15.9 Å². The van der Waals surface area contributed by atoms with E-state index < -0.39 is 11.8 Å². The molecule has 2 amide bonds. The van der Waals surface area contributed by atoms with E-state index >= 15 is 0 Å². The van der Waals surface area contributed by atoms with Gasteiger partial charge in [-0.05, 0) is 19.9 Å². The Balaban J connectivity index is 2.79. The van der Waals surface area contributed by atoms with Crippen LogP contribution in [0.2, 0.25) is 0 Å². The van der Waals surface area contributed by atoms with Crippen LogP contribution in [0, 0.1) is 0 Å². The van der Waals surface area contributed by atoms with Crippen LogP contribution >= 0.6 is 0 Å². The van der Waals surface area contributed by atoms with Crippen LogP contribution in [-0.4, -0.2) is 41.6 Å². The molecular formula is C11H20N6O3. The van der Waals surface area contributed by atoms with Gasteiger partial charge in [0.2, 0.25) is 17.7 Å². The van der Waals surface area contributed by atoms with Crippen molar-refractivity contribution in [3.8, 4) is 0 Å². The van der Waals surface area contributed by atoms with E-state index in [0.717, 1.165) is 13.0 Å². The Morgan fingerprint density at radius 3 is 2.40 bits per heavy atom. The number of anilines is 1. The molecule has 9 heteroatoms. The second kappa shape index (κ2) is 7.43. The molecule has 0 aliphatic heterocycles. The Labute approximate surface area is 116 Å². The number of amides is 2. The predicted molar refractivity (Wildman–Crippen MR) is 71.6 cm³/mol. The van der Waals surface area contributed by atoms with Crippen LogP contribution in [0.4, 0.5) is 6.01 Å². The predicted octanol–water partition coefficient (Wildman–Crippen LogP) is -1.09. The molecular weight excluding hydrogens is 264 g/mol. The fourth-order valence-electron chi connectivity index (χ4n) is 1.54. The lowest BCUT2D eigenvalue weighted by Gasteiger charge is -2.16. The van der Waals surface area contributed by atoms with E-state index in [1.165, 1.54) is 4.90 Å². The molecule has 1 rings (SSSR count). The van der Waals surface area contributed by atoms with E-state index in [-0.39, 0.29) is 25.1 Å². The number of rotatable bonds is 9. The van der Waals surface area contributed by atoms with E-state index in [1.54, 1.807) is 0 Å². The van der Waals surface area contributed by atoms with Crippen molar-refractivity contribution in [2.45, 2.75) is 26.3 Å². The number of hydrogen-bond donors (Lipinski definition) is 3. The molecule has 0 aromatic carbocycles. The molecule has 1 aromatic rings. The monoisotopic (exact) mass is 284 g/mol. The van der Waals surface area contributed by atoms with E-state index in [1.807, 2.05) is 13.8 Å². The van der Waals surface area contributed by atoms with E-state index in [0.29, 0.717) is 5.89 Å². The molecule has 0 spiro atoms. The molecule has 5 N–H and O–H groups in total. The van der Waals surface area contributed by atoms with Crippen molar-refractivity contribution in [1.82, 2.24) is 15.5 Å². The van der Waals surface area contributed by atoms with Crippen molar-refractivity contribution in [3.05, 3.63) is 5.89 Å². The Bertz CT molecular complexity index is 445. The lowest BCUT2D eigenvalue weighted by Crippen LogP contribution is -2.39. The van der Waals surface area contributed by atoms with Crippen LogP contribution in [0.25, 0.3) is 0 Å². The van der Waals surface area contributed by atoms with Crippen LogP contribution in [0.15, 0.2) is 4.42 Å². The first-order valence-corrected chi connectivity index (χ1v) is 6.32. The minimum absolute atomic E-state index is 0.0442. The van der Waals surface area contributed by atoms with Crippen molar-refractivity contribution in [3.63, 3.8) is 0 Å². The van der Waals surface area contributed by atoms with Gasteiger partial charge in [-0.1, -0.05) is 12.0 Å². The molecule has 1 unspecified atom stereocenters. The summed E-state index contributed by atoms with van der Waals surface area (Å²) in [6, 6.07) is -0.0806. The summed E-state index contributed by atoms with van der Waals surface area (Å²) in [5.41, 5.74) is 10.2. The number of nitrogens with two attached hydrogens (primary N) is 2. The molecule has 0 saturated carbocycles. The third kappa shape index (κ3) is 4.84. The molecule has 1 heterocycles. The maximum atomic E-state index is 11.0. The van der Waals surface area contributed by atoms with Crippen LogP contribution < -0.4 is 21.7 Å². The molecule has 112 valence electrons. The van der Waals surface area contributed by atoms with Gasteiger partial charge in [-0.2, -0.15) is 0 Å². The molecule has 20 heavy (non-hydrogen) atoms. The van der Waals surface area contributed by atoms with Crippen LogP contribution in [0.1, 0.15) is 32.2 Å². The number of carbonyl (C=O) groups is 2. The molecule has 9 nitrogen and oxygen atoms in total. The summed E-state index contributed by atoms with van der Waals surface area (Å²) < 4.78 is 5.43. The zero-order chi connectivity index (χ0) is 15.1. The summed E-state index contributed by atoms with van der Waals surface area (Å²) >= 11 is 0. The number of hydrogen-bond acceptors (Lipinski definition) is 7. The minimum Gasteiger partial charge on any atom is -0.406 e. The summed E-state index contributed by atoms with van der Waals surface area (Å²) in [7, 11) is 0. The highest BCUT2D eigenvalue weighted by molar-refractivity contribution is 5.83. The first kappa shape index (κ1) is 15.9. The highest BCUT2D eigenvalue weighted by atomic mass is 16.4. The number of nitrogens with zero attached hydrogens (tertiary/aromatic N) is 3. The van der Waals surface area contributed by atoms with Crippen molar-refractivity contribution in [2.24, 2.45) is 11.5 Å². The molecule has 0 fully saturated rings. The van der Waals surface area contributed by atoms with Gasteiger partial charge in [-0.25, -0.2) is 0 Å². The summed E-state index contributed by atoms with van der Waals surface area (Å²) in [5.74, 6) is -0.876. The smallest absolute Gasteiger partial charge is 0.319 e. The Hall–Kier alpha value is -2.16. The SMILES string of the molecule is CCCNC(C)c1nnc(N(CC(N)=O)CC(N)=O)o1. The lowest BCUT2D eigenvalue weighted by molar-refractivity contribution is -0.117. The maximum absolute atomic E-state index is 11.0. The molecule has 0 aliphatic rings. The molecule has 1 atom stereocenters. The topological polar surface area (TPSA) is 140 Å². The maximum Gasteiger partial charge on any atom is 0.319 e. The number of nitrogens with one attached hydrogen (secondary N) is 1. The van der Waals surface area contributed by atoms with Gasteiger partial charge < -0.3 is 26.1 Å². The molecule has 0 aliphatic carbocycles. The molecule has 0 radical (unpaired) electrons. The summed E-state index contributed by atoms with van der Waals surface area (Å²) in [6.45, 7) is 4.29. The van der Waals surface area contributed by atoms with Crippen molar-refractivity contribution in [2.75, 3.05) is 24.5 Å². The van der Waals surface area contributed by atoms with Crippen molar-refractivity contribution < 1.29 is 14.0 Å². The van der Waals surface area contributed by atoms with Gasteiger partial charge in [0.05, 0.1) is 6.04 Å². The first-order valence-electron chi connectivity index (χ1n) is 6.32. The van der Waals surface area contributed by atoms with Gasteiger partial charge in [0.25, 0.3) is 0 Å². The first-order chi connectivity index (χ1) is 9.43. The number of primary amides is 2. The van der Waals surface area contributed by atoms with Crippen LogP contribution in [0.5, 0.6) is 0 Å². The van der Waals surface area contributed by atoms with Crippen molar-refractivity contribution >= 4 is 17.8 Å². The van der Waals surface area contributed by atoms with Crippen LogP contribution in [0.3, 0.4) is 0 Å². The number of carbonyl (C=O) groups excluding carboxylic acids is 2. The summed E-state index contributed by atoms with van der Waals surface area (Å²) in [5, 5.41) is 10.9. The third-order valence-electron chi connectivity index (χ3n) is 2.46. The fourth-order valence-corrected chi connectivity index (χ4v) is 1.54. The van der Waals surface area contributed by atoms with Crippen molar-refractivity contribution in [1.29, 1.82) is 0 Å². The Kier molecular flexibility index (Phi) is 5.91. The quantitative estimate of drug-likeness (QED) is 0.523. The van der Waals surface area contributed by atoms with Gasteiger partial charge in [0.1, 0.15) is 13.1 Å². The van der Waals surface area contributed by atoms with Gasteiger partial charge in [-0.3, -0.25) is 9.59 Å². The highest BCUT2D eigenvalue weighted by Gasteiger charge is 2.20.